The van der Waals surface area contributed by atoms with Gasteiger partial charge in [-0.1, -0.05) is 76.1 Å². The molecule has 0 radical (unpaired) electrons. The van der Waals surface area contributed by atoms with E-state index in [-0.39, 0.29) is 18.3 Å². The third-order valence-corrected chi connectivity index (χ3v) is 8.81. The van der Waals surface area contributed by atoms with Gasteiger partial charge >= 0.3 is 0 Å². The van der Waals surface area contributed by atoms with E-state index in [4.69, 9.17) is 21.3 Å². The second-order valence-corrected chi connectivity index (χ2v) is 12.2. The van der Waals surface area contributed by atoms with Crippen molar-refractivity contribution in [2.75, 3.05) is 25.0 Å². The van der Waals surface area contributed by atoms with Crippen LogP contribution in [0.4, 0.5) is 10.1 Å². The van der Waals surface area contributed by atoms with Gasteiger partial charge in [-0.15, -0.1) is 10.2 Å². The number of carbonyl (C=O) groups is 1. The Morgan fingerprint density at radius 3 is 2.60 bits per heavy atom. The molecule has 1 unspecified atom stereocenters. The van der Waals surface area contributed by atoms with Crippen LogP contribution in [0, 0.1) is 12.7 Å². The third kappa shape index (κ3) is 5.27. The molecule has 8 rings (SSSR count). The molecule has 0 saturated carbocycles. The number of aryl methyl sites for hydroxylation is 1. The maximum Gasteiger partial charge on any atom is 0.238 e. The number of nitrogens with one attached hydrogen (secondary N) is 1. The second kappa shape index (κ2) is 11.9. The Bertz CT molecular complexity index is 1970. The van der Waals surface area contributed by atoms with Crippen LogP contribution < -0.4 is 5.32 Å². The van der Waals surface area contributed by atoms with Gasteiger partial charge in [-0.2, -0.15) is 0 Å². The predicted octanol–water partition coefficient (Wildman–Crippen LogP) is 6.65. The van der Waals surface area contributed by atoms with E-state index in [1.54, 1.807) is 18.2 Å². The summed E-state index contributed by atoms with van der Waals surface area (Å²) >= 11 is 9.69. The van der Waals surface area contributed by atoms with Crippen LogP contribution in [0.5, 0.6) is 0 Å². The Labute approximate surface area is 272 Å². The lowest BCUT2D eigenvalue weighted by Gasteiger charge is -2.36. The Kier molecular flexibility index (Phi) is 7.83. The molecule has 4 heterocycles. The van der Waals surface area contributed by atoms with Crippen molar-refractivity contribution in [2.45, 2.75) is 19.2 Å². The molecule has 1 amide bonds. The smallest absolute Gasteiger partial charge is 0.238 e. The highest BCUT2D eigenvalue weighted by Crippen LogP contribution is 2.46. The molecule has 0 spiro atoms. The molecule has 3 aliphatic rings. The Morgan fingerprint density at radius 2 is 1.78 bits per heavy atom. The molecule has 1 aromatic heterocycles. The molecule has 5 aromatic rings. The van der Waals surface area contributed by atoms with E-state index in [1.807, 2.05) is 71.0 Å². The van der Waals surface area contributed by atoms with Gasteiger partial charge in [-0.05, 0) is 49.4 Å². The second-order valence-electron chi connectivity index (χ2n) is 10.8. The summed E-state index contributed by atoms with van der Waals surface area (Å²) in [4.78, 5) is 18.9. The first-order valence-electron chi connectivity index (χ1n) is 14.4. The lowest BCUT2D eigenvalue weighted by atomic mass is 9.91. The summed E-state index contributed by atoms with van der Waals surface area (Å²) in [6.45, 7) is 3.60. The van der Waals surface area contributed by atoms with E-state index >= 15 is 0 Å². The molecule has 1 fully saturated rings. The van der Waals surface area contributed by atoms with Crippen LogP contribution in [0.1, 0.15) is 33.9 Å². The van der Waals surface area contributed by atoms with Crippen LogP contribution in [0.2, 0.25) is 5.02 Å². The van der Waals surface area contributed by atoms with Gasteiger partial charge in [0.15, 0.2) is 11.5 Å². The molecule has 1 saturated heterocycles. The van der Waals surface area contributed by atoms with Crippen molar-refractivity contribution in [2.24, 2.45) is 4.99 Å². The Hall–Kier alpha value is -4.22. The summed E-state index contributed by atoms with van der Waals surface area (Å²) in [5.74, 6) is 1.21. The number of hydrogen-bond donors (Lipinski definition) is 1. The van der Waals surface area contributed by atoms with Gasteiger partial charge in [0.2, 0.25) is 5.91 Å². The van der Waals surface area contributed by atoms with Crippen LogP contribution in [0.3, 0.4) is 0 Å². The number of anilines is 1. The summed E-state index contributed by atoms with van der Waals surface area (Å²) in [6.07, 6.45) is 0. The average Bonchev–Trinajstić information content (AvgIpc) is 3.54. The zero-order valence-electron chi connectivity index (χ0n) is 24.2. The van der Waals surface area contributed by atoms with Crippen molar-refractivity contribution in [1.82, 2.24) is 19.7 Å². The normalized spacial score (nSPS) is 18.6. The lowest BCUT2D eigenvalue weighted by molar-refractivity contribution is -0.121. The van der Waals surface area contributed by atoms with Crippen molar-refractivity contribution in [3.8, 4) is 5.69 Å². The van der Waals surface area contributed by atoms with Crippen molar-refractivity contribution in [3.63, 3.8) is 0 Å². The van der Waals surface area contributed by atoms with E-state index in [0.29, 0.717) is 36.0 Å². The number of halogens is 3. The van der Waals surface area contributed by atoms with Crippen LogP contribution in [-0.2, 0) is 21.8 Å². The van der Waals surface area contributed by atoms with Gasteiger partial charge in [0.05, 0.1) is 24.6 Å². The molecule has 1 atom stereocenters. The van der Waals surface area contributed by atoms with Crippen LogP contribution in [0.15, 0.2) is 100 Å². The van der Waals surface area contributed by atoms with Crippen LogP contribution in [-0.4, -0.2) is 51.0 Å². The van der Waals surface area contributed by atoms with Crippen molar-refractivity contribution < 1.29 is 13.9 Å². The Morgan fingerprint density at radius 1 is 0.978 bits per heavy atom. The van der Waals surface area contributed by atoms with Crippen molar-refractivity contribution >= 4 is 44.8 Å². The molecule has 0 bridgehead atoms. The zero-order valence-corrected chi connectivity index (χ0v) is 26.5. The Balaban J connectivity index is 0.000000145. The van der Waals surface area contributed by atoms with Gasteiger partial charge in [0.1, 0.15) is 18.2 Å². The lowest BCUT2D eigenvalue weighted by Crippen LogP contribution is -2.45. The van der Waals surface area contributed by atoms with E-state index in [2.05, 4.69) is 43.6 Å². The number of ether oxygens (including phenoxy) is 1. The number of benzene rings is 4. The number of nitrogens with zero attached hydrogens (tertiary/aromatic N) is 5. The van der Waals surface area contributed by atoms with Crippen LogP contribution in [0.25, 0.3) is 5.69 Å². The minimum absolute atomic E-state index is 0.128. The van der Waals surface area contributed by atoms with Crippen molar-refractivity contribution in [1.29, 1.82) is 0 Å². The molecule has 1 N–H and O–H groups in total. The molecule has 8 nitrogen and oxygen atoms in total. The molecular formula is C34H27BrClFN6O2. The van der Waals surface area contributed by atoms with E-state index in [0.717, 1.165) is 44.2 Å². The fraction of sp³-hybridized carbons (Fsp3) is 0.176. The van der Waals surface area contributed by atoms with Gasteiger partial charge in [0.25, 0.3) is 0 Å². The molecule has 45 heavy (non-hydrogen) atoms. The summed E-state index contributed by atoms with van der Waals surface area (Å²) in [6, 6.07) is 28.1. The van der Waals surface area contributed by atoms with Gasteiger partial charge in [0, 0.05) is 44.0 Å². The fourth-order valence-corrected chi connectivity index (χ4v) is 6.71. The van der Waals surface area contributed by atoms with E-state index < -0.39 is 5.72 Å². The van der Waals surface area contributed by atoms with Gasteiger partial charge < -0.3 is 10.1 Å². The number of aromatic nitrogens is 3. The highest BCUT2D eigenvalue weighted by Gasteiger charge is 2.50. The largest absolute Gasteiger partial charge is 0.350 e. The third-order valence-electron chi connectivity index (χ3n) is 8.08. The zero-order chi connectivity index (χ0) is 31.1. The minimum atomic E-state index is -1.09. The average molecular weight is 686 g/mol. The predicted molar refractivity (Wildman–Crippen MR) is 174 cm³/mol. The molecule has 3 aliphatic heterocycles. The number of hydrogen-bond acceptors (Lipinski definition) is 6. The highest BCUT2D eigenvalue weighted by atomic mass is 79.9. The van der Waals surface area contributed by atoms with E-state index in [1.165, 1.54) is 6.07 Å². The monoisotopic (exact) mass is 684 g/mol. The first-order chi connectivity index (χ1) is 21.8. The molecular weight excluding hydrogens is 659 g/mol. The molecule has 4 aromatic carbocycles. The topological polar surface area (TPSA) is 84.6 Å². The minimum Gasteiger partial charge on any atom is -0.350 e. The summed E-state index contributed by atoms with van der Waals surface area (Å²) in [5, 5.41) is 12.0. The van der Waals surface area contributed by atoms with Gasteiger partial charge in [-0.25, -0.2) is 4.39 Å². The SMILES string of the molecule is Cc1nnc2n1-c1ccc(Cl)cc1C(c1ccccc1)=NC2.O=C1CN2CCOC2(c2ccccc2F)c2cc(Br)ccc2N1. The maximum absolute atomic E-state index is 14.6. The number of aliphatic imine (C=N–C) groups is 1. The van der Waals surface area contributed by atoms with Gasteiger partial charge in [-0.3, -0.25) is 19.3 Å². The summed E-state index contributed by atoms with van der Waals surface area (Å²) < 4.78 is 23.6. The van der Waals surface area contributed by atoms with E-state index in [9.17, 15) is 9.18 Å². The number of fused-ring (bicyclic) bond motifs is 6. The first-order valence-corrected chi connectivity index (χ1v) is 15.6. The maximum atomic E-state index is 14.6. The summed E-state index contributed by atoms with van der Waals surface area (Å²) in [7, 11) is 0. The quantitative estimate of drug-likeness (QED) is 0.225. The molecule has 226 valence electrons. The highest BCUT2D eigenvalue weighted by molar-refractivity contribution is 9.10. The van der Waals surface area contributed by atoms with Crippen molar-refractivity contribution in [3.05, 3.63) is 140 Å². The first kappa shape index (κ1) is 29.5. The van der Waals surface area contributed by atoms with Crippen LogP contribution >= 0.6 is 27.5 Å². The number of amides is 1. The molecule has 11 heteroatoms. The standard InChI is InChI=1S/C17H14BrFN2O2.C17H13ClN4/c18-11-5-6-15-13(9-11)17(12-3-1-2-4-14(12)19)21(7-8-23-17)10-16(22)20-15;1-11-20-21-16-10-19-17(12-5-3-2-4-6-12)14-9-13(18)7-8-15(14)22(11)16/h1-6,9H,7-8,10H2,(H,20,22);2-9H,10H2,1H3. The fourth-order valence-electron chi connectivity index (χ4n) is 6.18. The number of carbonyl (C=O) groups excluding carboxylic acids is 1. The number of rotatable bonds is 2. The summed E-state index contributed by atoms with van der Waals surface area (Å²) in [5.41, 5.74) is 4.73. The molecule has 0 aliphatic carbocycles.